The van der Waals surface area contributed by atoms with Gasteiger partial charge in [-0.05, 0) is 25.0 Å². The predicted octanol–water partition coefficient (Wildman–Crippen LogP) is 3.20. The monoisotopic (exact) mass is 343 g/mol. The lowest BCUT2D eigenvalue weighted by Crippen LogP contribution is -2.26. The van der Waals surface area contributed by atoms with Crippen LogP contribution in [0.2, 0.25) is 0 Å². The molecule has 0 radical (unpaired) electrons. The number of nitrogens with one attached hydrogen (secondary N) is 1. The van der Waals surface area contributed by atoms with Crippen LogP contribution in [-0.2, 0) is 0 Å². The summed E-state index contributed by atoms with van der Waals surface area (Å²) in [6.07, 6.45) is 6.39. The van der Waals surface area contributed by atoms with Gasteiger partial charge in [0.15, 0.2) is 11.6 Å². The third-order valence-electron chi connectivity index (χ3n) is 4.43. The van der Waals surface area contributed by atoms with E-state index in [0.717, 1.165) is 43.2 Å². The van der Waals surface area contributed by atoms with Gasteiger partial charge in [-0.25, -0.2) is 9.97 Å². The molecule has 7 nitrogen and oxygen atoms in total. The second kappa shape index (κ2) is 7.92. The molecular weight excluding hydrogens is 318 g/mol. The summed E-state index contributed by atoms with van der Waals surface area (Å²) in [5.41, 5.74) is 7.67. The molecular formula is C18H25N5O2. The van der Waals surface area contributed by atoms with Crippen molar-refractivity contribution in [3.63, 3.8) is 0 Å². The topological polar surface area (TPSA) is 85.5 Å². The van der Waals surface area contributed by atoms with Crippen molar-refractivity contribution < 1.29 is 9.47 Å². The van der Waals surface area contributed by atoms with Crippen LogP contribution in [0.25, 0.3) is 0 Å². The Morgan fingerprint density at radius 1 is 1.04 bits per heavy atom. The molecule has 1 aliphatic rings. The summed E-state index contributed by atoms with van der Waals surface area (Å²) < 4.78 is 10.7. The van der Waals surface area contributed by atoms with Crippen molar-refractivity contribution >= 4 is 23.0 Å². The number of nitrogen functional groups attached to an aromatic ring is 1. The molecule has 0 saturated carbocycles. The molecule has 1 aromatic heterocycles. The number of anilines is 4. The Hall–Kier alpha value is -2.70. The molecule has 1 aromatic carbocycles. The van der Waals surface area contributed by atoms with Gasteiger partial charge in [0.25, 0.3) is 0 Å². The fourth-order valence-corrected chi connectivity index (χ4v) is 3.06. The normalized spacial score (nSPS) is 14.7. The molecule has 0 unspecified atom stereocenters. The maximum Gasteiger partial charge on any atom is 0.159 e. The number of hydrogen-bond acceptors (Lipinski definition) is 7. The molecule has 134 valence electrons. The predicted molar refractivity (Wildman–Crippen MR) is 100.0 cm³/mol. The van der Waals surface area contributed by atoms with Gasteiger partial charge < -0.3 is 25.4 Å². The third-order valence-corrected chi connectivity index (χ3v) is 4.43. The van der Waals surface area contributed by atoms with Crippen LogP contribution in [0.15, 0.2) is 24.5 Å². The van der Waals surface area contributed by atoms with Crippen LogP contribution >= 0.6 is 0 Å². The van der Waals surface area contributed by atoms with E-state index in [0.29, 0.717) is 17.3 Å². The highest BCUT2D eigenvalue weighted by Crippen LogP contribution is 2.35. The Bertz CT molecular complexity index is 715. The summed E-state index contributed by atoms with van der Waals surface area (Å²) in [4.78, 5) is 11.0. The van der Waals surface area contributed by atoms with E-state index in [1.807, 2.05) is 18.2 Å². The van der Waals surface area contributed by atoms with E-state index < -0.39 is 0 Å². The summed E-state index contributed by atoms with van der Waals surface area (Å²) in [5, 5.41) is 3.25. The minimum absolute atomic E-state index is 0.550. The molecule has 3 N–H and O–H groups in total. The van der Waals surface area contributed by atoms with Gasteiger partial charge in [0, 0.05) is 19.2 Å². The van der Waals surface area contributed by atoms with E-state index in [2.05, 4.69) is 20.2 Å². The van der Waals surface area contributed by atoms with Gasteiger partial charge in [0.2, 0.25) is 0 Å². The van der Waals surface area contributed by atoms with Crippen LogP contribution in [0, 0.1) is 0 Å². The van der Waals surface area contributed by atoms with Gasteiger partial charge in [-0.2, -0.15) is 0 Å². The zero-order valence-electron chi connectivity index (χ0n) is 14.8. The molecule has 25 heavy (non-hydrogen) atoms. The van der Waals surface area contributed by atoms with Gasteiger partial charge in [0.1, 0.15) is 23.5 Å². The number of nitrogens with zero attached hydrogens (tertiary/aromatic N) is 3. The van der Waals surface area contributed by atoms with Crippen LogP contribution in [0.3, 0.4) is 0 Å². The zero-order valence-corrected chi connectivity index (χ0v) is 14.8. The molecule has 0 amide bonds. The molecule has 2 heterocycles. The highest BCUT2D eigenvalue weighted by atomic mass is 16.5. The molecule has 0 atom stereocenters. The van der Waals surface area contributed by atoms with E-state index in [-0.39, 0.29) is 0 Å². The van der Waals surface area contributed by atoms with Crippen LogP contribution in [0.1, 0.15) is 25.7 Å². The van der Waals surface area contributed by atoms with E-state index in [1.54, 1.807) is 20.5 Å². The Morgan fingerprint density at radius 3 is 2.48 bits per heavy atom. The second-order valence-electron chi connectivity index (χ2n) is 6.05. The lowest BCUT2D eigenvalue weighted by atomic mass is 10.2. The summed E-state index contributed by atoms with van der Waals surface area (Å²) in [7, 11) is 3.25. The standard InChI is InChI=1S/C18H25N5O2/c1-24-13-7-8-15(25-2)14(11-13)22-17-16(19)18(21-12-20-17)23-9-5-3-4-6-10-23/h7-8,11-12H,3-6,9-10,19H2,1-2H3,(H,20,21,22). The van der Waals surface area contributed by atoms with Crippen molar-refractivity contribution in [3.8, 4) is 11.5 Å². The van der Waals surface area contributed by atoms with Gasteiger partial charge >= 0.3 is 0 Å². The minimum Gasteiger partial charge on any atom is -0.497 e. The number of ether oxygens (including phenoxy) is 2. The molecule has 1 fully saturated rings. The summed E-state index contributed by atoms with van der Waals surface area (Å²) in [6, 6.07) is 5.54. The van der Waals surface area contributed by atoms with Crippen molar-refractivity contribution in [3.05, 3.63) is 24.5 Å². The van der Waals surface area contributed by atoms with E-state index in [9.17, 15) is 0 Å². The Labute approximate surface area is 148 Å². The van der Waals surface area contributed by atoms with E-state index in [1.165, 1.54) is 12.8 Å². The summed E-state index contributed by atoms with van der Waals surface area (Å²) in [5.74, 6) is 2.78. The second-order valence-corrected chi connectivity index (χ2v) is 6.05. The third kappa shape index (κ3) is 3.87. The number of rotatable bonds is 5. The summed E-state index contributed by atoms with van der Waals surface area (Å²) in [6.45, 7) is 1.95. The Balaban J connectivity index is 1.89. The highest BCUT2D eigenvalue weighted by molar-refractivity contribution is 5.80. The first-order chi connectivity index (χ1) is 12.2. The van der Waals surface area contributed by atoms with Crippen LogP contribution < -0.4 is 25.4 Å². The molecule has 3 rings (SSSR count). The number of hydrogen-bond donors (Lipinski definition) is 2. The van der Waals surface area contributed by atoms with Gasteiger partial charge in [0.05, 0.1) is 19.9 Å². The first-order valence-electron chi connectivity index (χ1n) is 8.57. The van der Waals surface area contributed by atoms with Crippen LogP contribution in [0.4, 0.5) is 23.0 Å². The SMILES string of the molecule is COc1ccc(OC)c(Nc2ncnc(N3CCCCCC3)c2N)c1. The molecule has 2 aromatic rings. The average molecular weight is 343 g/mol. The van der Waals surface area contributed by atoms with Crippen molar-refractivity contribution in [2.24, 2.45) is 0 Å². The Kier molecular flexibility index (Phi) is 5.42. The van der Waals surface area contributed by atoms with E-state index >= 15 is 0 Å². The maximum atomic E-state index is 6.37. The fraction of sp³-hybridized carbons (Fsp3) is 0.444. The van der Waals surface area contributed by atoms with Crippen molar-refractivity contribution in [1.29, 1.82) is 0 Å². The number of methoxy groups -OCH3 is 2. The lowest BCUT2D eigenvalue weighted by molar-refractivity contribution is 0.405. The maximum absolute atomic E-state index is 6.37. The molecule has 0 spiro atoms. The first-order valence-corrected chi connectivity index (χ1v) is 8.57. The quantitative estimate of drug-likeness (QED) is 0.862. The number of aromatic nitrogens is 2. The van der Waals surface area contributed by atoms with Crippen LogP contribution in [0.5, 0.6) is 11.5 Å². The van der Waals surface area contributed by atoms with Gasteiger partial charge in [-0.1, -0.05) is 12.8 Å². The van der Waals surface area contributed by atoms with E-state index in [4.69, 9.17) is 15.2 Å². The molecule has 0 bridgehead atoms. The molecule has 1 aliphatic heterocycles. The number of nitrogens with two attached hydrogens (primary N) is 1. The number of benzene rings is 1. The van der Waals surface area contributed by atoms with Gasteiger partial charge in [-0.15, -0.1) is 0 Å². The largest absolute Gasteiger partial charge is 0.497 e. The molecule has 0 aliphatic carbocycles. The van der Waals surface area contributed by atoms with Crippen molar-refractivity contribution in [1.82, 2.24) is 9.97 Å². The average Bonchev–Trinajstić information content (AvgIpc) is 2.92. The fourth-order valence-electron chi connectivity index (χ4n) is 3.06. The first kappa shape index (κ1) is 17.1. The minimum atomic E-state index is 0.550. The molecule has 1 saturated heterocycles. The zero-order chi connectivity index (χ0) is 17.6. The van der Waals surface area contributed by atoms with Crippen molar-refractivity contribution in [2.45, 2.75) is 25.7 Å². The van der Waals surface area contributed by atoms with Crippen LogP contribution in [-0.4, -0.2) is 37.3 Å². The van der Waals surface area contributed by atoms with Crippen molar-refractivity contribution in [2.75, 3.05) is 43.3 Å². The highest BCUT2D eigenvalue weighted by Gasteiger charge is 2.17. The Morgan fingerprint density at radius 2 is 1.80 bits per heavy atom. The summed E-state index contributed by atoms with van der Waals surface area (Å²) >= 11 is 0. The smallest absolute Gasteiger partial charge is 0.159 e. The lowest BCUT2D eigenvalue weighted by Gasteiger charge is -2.23. The molecule has 7 heteroatoms. The van der Waals surface area contributed by atoms with Gasteiger partial charge in [-0.3, -0.25) is 0 Å².